The summed E-state index contributed by atoms with van der Waals surface area (Å²) in [6, 6.07) is 16.7. The topological polar surface area (TPSA) is 96.0 Å². The summed E-state index contributed by atoms with van der Waals surface area (Å²) in [4.78, 5) is 27.6. The molecule has 0 aliphatic rings. The number of ether oxygens (including phenoxy) is 1. The maximum atomic E-state index is 13.8. The number of carbonyl (C=O) groups is 2. The van der Waals surface area contributed by atoms with E-state index in [1.807, 2.05) is 6.92 Å². The third kappa shape index (κ3) is 6.78. The molecule has 0 saturated carbocycles. The fourth-order valence-electron chi connectivity index (χ4n) is 3.74. The summed E-state index contributed by atoms with van der Waals surface area (Å²) >= 11 is 12.2. The first-order valence-electron chi connectivity index (χ1n) is 11.7. The lowest BCUT2D eigenvalue weighted by atomic mass is 10.1. The van der Waals surface area contributed by atoms with Crippen LogP contribution in [-0.2, 0) is 26.2 Å². The monoisotopic (exact) mass is 577 g/mol. The van der Waals surface area contributed by atoms with Crippen LogP contribution in [0.3, 0.4) is 0 Å². The molecule has 3 aromatic carbocycles. The molecule has 0 fully saturated rings. The second kappa shape index (κ2) is 12.5. The van der Waals surface area contributed by atoms with Crippen molar-refractivity contribution in [1.29, 1.82) is 0 Å². The van der Waals surface area contributed by atoms with Crippen molar-refractivity contribution in [1.82, 2.24) is 10.2 Å². The number of hydrogen-bond donors (Lipinski definition) is 1. The number of anilines is 1. The van der Waals surface area contributed by atoms with Crippen molar-refractivity contribution in [3.63, 3.8) is 0 Å². The third-order valence-corrected chi connectivity index (χ3v) is 8.53. The number of rotatable bonds is 10. The van der Waals surface area contributed by atoms with E-state index in [-0.39, 0.29) is 17.1 Å². The first kappa shape index (κ1) is 29.3. The van der Waals surface area contributed by atoms with Crippen molar-refractivity contribution < 1.29 is 22.7 Å². The molecule has 0 unspecified atom stereocenters. The highest BCUT2D eigenvalue weighted by molar-refractivity contribution is 7.92. The van der Waals surface area contributed by atoms with Crippen LogP contribution in [0.2, 0.25) is 10.0 Å². The number of nitrogens with one attached hydrogen (secondary N) is 1. The Morgan fingerprint density at radius 1 is 0.974 bits per heavy atom. The molecule has 0 aliphatic heterocycles. The van der Waals surface area contributed by atoms with E-state index >= 15 is 0 Å². The van der Waals surface area contributed by atoms with Crippen molar-refractivity contribution in [2.75, 3.05) is 25.0 Å². The zero-order valence-electron chi connectivity index (χ0n) is 21.4. The molecule has 0 aliphatic carbocycles. The van der Waals surface area contributed by atoms with E-state index in [2.05, 4.69) is 5.32 Å². The van der Waals surface area contributed by atoms with Crippen molar-refractivity contribution in [3.05, 3.63) is 87.9 Å². The quantitative estimate of drug-likeness (QED) is 0.378. The molecule has 11 heteroatoms. The number of amides is 2. The minimum atomic E-state index is -4.15. The molecule has 0 bridgehead atoms. The van der Waals surface area contributed by atoms with Gasteiger partial charge >= 0.3 is 0 Å². The van der Waals surface area contributed by atoms with Gasteiger partial charge in [-0.05, 0) is 67.9 Å². The van der Waals surface area contributed by atoms with Gasteiger partial charge in [-0.3, -0.25) is 13.9 Å². The van der Waals surface area contributed by atoms with Gasteiger partial charge in [0.1, 0.15) is 18.3 Å². The van der Waals surface area contributed by atoms with Crippen molar-refractivity contribution >= 4 is 50.7 Å². The molecule has 0 heterocycles. The van der Waals surface area contributed by atoms with Gasteiger partial charge in [-0.15, -0.1) is 0 Å². The van der Waals surface area contributed by atoms with Crippen LogP contribution in [0.25, 0.3) is 0 Å². The molecule has 0 spiro atoms. The molecule has 38 heavy (non-hydrogen) atoms. The Hall–Kier alpha value is -3.27. The van der Waals surface area contributed by atoms with Gasteiger partial charge in [0.05, 0.1) is 27.7 Å². The average molecular weight is 579 g/mol. The number of aryl methyl sites for hydroxylation is 1. The van der Waals surface area contributed by atoms with Gasteiger partial charge in [-0.25, -0.2) is 8.42 Å². The maximum Gasteiger partial charge on any atom is 0.264 e. The highest BCUT2D eigenvalue weighted by atomic mass is 35.5. The zero-order chi connectivity index (χ0) is 28.0. The molecule has 0 radical (unpaired) electrons. The maximum absolute atomic E-state index is 13.8. The molecule has 1 N–H and O–H groups in total. The summed E-state index contributed by atoms with van der Waals surface area (Å²) in [5, 5.41) is 3.19. The fourth-order valence-corrected chi connectivity index (χ4v) is 5.48. The van der Waals surface area contributed by atoms with E-state index < -0.39 is 34.4 Å². The van der Waals surface area contributed by atoms with Gasteiger partial charge in [0, 0.05) is 13.6 Å². The van der Waals surface area contributed by atoms with Crippen LogP contribution in [0.5, 0.6) is 5.75 Å². The molecule has 2 amide bonds. The second-order valence-corrected chi connectivity index (χ2v) is 11.3. The lowest BCUT2D eigenvalue weighted by molar-refractivity contribution is -0.139. The van der Waals surface area contributed by atoms with Crippen LogP contribution in [0.4, 0.5) is 5.69 Å². The summed E-state index contributed by atoms with van der Waals surface area (Å²) in [7, 11) is -1.18. The van der Waals surface area contributed by atoms with Gasteiger partial charge in [0.2, 0.25) is 11.8 Å². The van der Waals surface area contributed by atoms with Gasteiger partial charge in [0.15, 0.2) is 0 Å². The predicted molar refractivity (Wildman–Crippen MR) is 149 cm³/mol. The minimum absolute atomic E-state index is 0.00530. The van der Waals surface area contributed by atoms with E-state index in [1.165, 1.54) is 31.2 Å². The largest absolute Gasteiger partial charge is 0.497 e. The first-order chi connectivity index (χ1) is 18.0. The standard InChI is InChI=1S/C27H29Cl2N3O5S/c1-18-5-12-23(13-6-18)38(35,36)32(21-8-10-22(37-4)11-9-21)17-26(33)31(19(2)27(34)30-3)16-20-7-14-24(28)25(29)15-20/h5-15,19H,16-17H2,1-4H3,(H,30,34)/t19-/m1/s1. The van der Waals surface area contributed by atoms with Crippen molar-refractivity contribution in [2.24, 2.45) is 0 Å². The van der Waals surface area contributed by atoms with Crippen LogP contribution in [-0.4, -0.2) is 51.9 Å². The van der Waals surface area contributed by atoms with Crippen LogP contribution >= 0.6 is 23.2 Å². The summed E-state index contributed by atoms with van der Waals surface area (Å²) in [5.41, 5.74) is 1.78. The Balaban J connectivity index is 2.04. The van der Waals surface area contributed by atoms with Gasteiger partial charge < -0.3 is 15.0 Å². The number of benzene rings is 3. The van der Waals surface area contributed by atoms with Gasteiger partial charge in [0.25, 0.3) is 10.0 Å². The van der Waals surface area contributed by atoms with Gasteiger partial charge in [-0.1, -0.05) is 47.0 Å². The van der Waals surface area contributed by atoms with Crippen LogP contribution in [0.15, 0.2) is 71.6 Å². The second-order valence-electron chi connectivity index (χ2n) is 8.58. The van der Waals surface area contributed by atoms with E-state index in [1.54, 1.807) is 61.5 Å². The van der Waals surface area contributed by atoms with E-state index in [4.69, 9.17) is 27.9 Å². The average Bonchev–Trinajstić information content (AvgIpc) is 2.91. The molecule has 1 atom stereocenters. The smallest absolute Gasteiger partial charge is 0.264 e. The predicted octanol–water partition coefficient (Wildman–Crippen LogP) is 4.67. The number of methoxy groups -OCH3 is 1. The van der Waals surface area contributed by atoms with Crippen LogP contribution in [0.1, 0.15) is 18.1 Å². The van der Waals surface area contributed by atoms with Crippen molar-refractivity contribution in [2.45, 2.75) is 31.3 Å². The number of nitrogens with zero attached hydrogens (tertiary/aromatic N) is 2. The number of carbonyl (C=O) groups excluding carboxylic acids is 2. The molecule has 3 rings (SSSR count). The Morgan fingerprint density at radius 3 is 2.16 bits per heavy atom. The summed E-state index contributed by atoms with van der Waals surface area (Å²) in [6.45, 7) is 2.87. The molecular formula is C27H29Cl2N3O5S. The van der Waals surface area contributed by atoms with Crippen LogP contribution < -0.4 is 14.4 Å². The lowest BCUT2D eigenvalue weighted by Crippen LogP contribution is -2.50. The van der Waals surface area contributed by atoms with Gasteiger partial charge in [-0.2, -0.15) is 0 Å². The highest BCUT2D eigenvalue weighted by Crippen LogP contribution is 2.27. The van der Waals surface area contributed by atoms with Crippen LogP contribution in [0, 0.1) is 6.92 Å². The summed E-state index contributed by atoms with van der Waals surface area (Å²) in [6.07, 6.45) is 0. The van der Waals surface area contributed by atoms with E-state index in [9.17, 15) is 18.0 Å². The fraction of sp³-hybridized carbons (Fsp3) is 0.259. The Bertz CT molecular complexity index is 1400. The summed E-state index contributed by atoms with van der Waals surface area (Å²) in [5.74, 6) is -0.461. The molecular weight excluding hydrogens is 549 g/mol. The Kier molecular flexibility index (Phi) is 9.65. The highest BCUT2D eigenvalue weighted by Gasteiger charge is 2.32. The molecule has 3 aromatic rings. The van der Waals surface area contributed by atoms with E-state index in [0.29, 0.717) is 21.4 Å². The summed E-state index contributed by atoms with van der Waals surface area (Å²) < 4.78 is 33.8. The SMILES string of the molecule is CNC(=O)[C@@H](C)N(Cc1ccc(Cl)c(Cl)c1)C(=O)CN(c1ccc(OC)cc1)S(=O)(=O)c1ccc(C)cc1. The first-order valence-corrected chi connectivity index (χ1v) is 13.9. The Labute approximate surface area is 233 Å². The molecule has 8 nitrogen and oxygen atoms in total. The number of likely N-dealkylation sites (N-methyl/N-ethyl adjacent to an activating group) is 1. The molecule has 0 aromatic heterocycles. The third-order valence-electron chi connectivity index (χ3n) is 6.00. The van der Waals surface area contributed by atoms with Crippen molar-refractivity contribution in [3.8, 4) is 5.75 Å². The Morgan fingerprint density at radius 2 is 1.61 bits per heavy atom. The molecule has 0 saturated heterocycles. The van der Waals surface area contributed by atoms with E-state index in [0.717, 1.165) is 9.87 Å². The minimum Gasteiger partial charge on any atom is -0.497 e. The lowest BCUT2D eigenvalue weighted by Gasteiger charge is -2.32. The molecule has 202 valence electrons. The number of halogens is 2. The number of sulfonamides is 1. The normalized spacial score (nSPS) is 11.9. The zero-order valence-corrected chi connectivity index (χ0v) is 23.8. The number of hydrogen-bond acceptors (Lipinski definition) is 5.